The van der Waals surface area contributed by atoms with Crippen molar-refractivity contribution in [2.24, 2.45) is 11.7 Å². The molecule has 1 fully saturated rings. The van der Waals surface area contributed by atoms with E-state index in [4.69, 9.17) is 10.8 Å². The number of aliphatic hydroxyl groups excluding tert-OH is 1. The molecule has 0 radical (unpaired) electrons. The number of rotatable bonds is 5. The molecule has 3 N–H and O–H groups in total. The van der Waals surface area contributed by atoms with Gasteiger partial charge in [-0.15, -0.1) is 0 Å². The maximum Gasteiger partial charge on any atom is 0.0434 e. The highest BCUT2D eigenvalue weighted by Gasteiger charge is 2.13. The van der Waals surface area contributed by atoms with E-state index in [-0.39, 0.29) is 6.61 Å². The van der Waals surface area contributed by atoms with Gasteiger partial charge in [0.2, 0.25) is 0 Å². The SMILES string of the molecule is NCC(CCO)CN1CCCCCC1. The Bertz CT molecular complexity index is 133. The van der Waals surface area contributed by atoms with E-state index in [1.165, 1.54) is 38.8 Å². The molecule has 1 aliphatic rings. The van der Waals surface area contributed by atoms with Crippen molar-refractivity contribution < 1.29 is 5.11 Å². The largest absolute Gasteiger partial charge is 0.396 e. The molecule has 1 unspecified atom stereocenters. The molecule has 0 aromatic carbocycles. The van der Waals surface area contributed by atoms with E-state index in [9.17, 15) is 0 Å². The third-order valence-corrected chi connectivity index (χ3v) is 3.09. The number of nitrogens with zero attached hydrogens (tertiary/aromatic N) is 1. The van der Waals surface area contributed by atoms with Crippen LogP contribution in [0.4, 0.5) is 0 Å². The Morgan fingerprint density at radius 1 is 1.14 bits per heavy atom. The summed E-state index contributed by atoms with van der Waals surface area (Å²) in [4.78, 5) is 2.51. The lowest BCUT2D eigenvalue weighted by molar-refractivity contribution is 0.201. The summed E-state index contributed by atoms with van der Waals surface area (Å²) in [5.41, 5.74) is 5.68. The highest BCUT2D eigenvalue weighted by molar-refractivity contribution is 4.69. The summed E-state index contributed by atoms with van der Waals surface area (Å²) in [6.07, 6.45) is 6.27. The number of hydrogen-bond acceptors (Lipinski definition) is 3. The second kappa shape index (κ2) is 7.21. The molecule has 0 amide bonds. The van der Waals surface area contributed by atoms with Crippen LogP contribution >= 0.6 is 0 Å². The highest BCUT2D eigenvalue weighted by Crippen LogP contribution is 2.12. The average molecular weight is 200 g/mol. The zero-order valence-electron chi connectivity index (χ0n) is 9.12. The summed E-state index contributed by atoms with van der Waals surface area (Å²) in [5.74, 6) is 0.484. The molecule has 84 valence electrons. The van der Waals surface area contributed by atoms with Gasteiger partial charge in [0.05, 0.1) is 0 Å². The van der Waals surface area contributed by atoms with Gasteiger partial charge in [-0.2, -0.15) is 0 Å². The normalized spacial score (nSPS) is 21.9. The molecule has 3 nitrogen and oxygen atoms in total. The lowest BCUT2D eigenvalue weighted by atomic mass is 10.1. The maximum absolute atomic E-state index is 8.88. The van der Waals surface area contributed by atoms with Gasteiger partial charge in [-0.05, 0) is 44.8 Å². The first kappa shape index (κ1) is 12.0. The van der Waals surface area contributed by atoms with E-state index in [2.05, 4.69) is 4.90 Å². The molecule has 14 heavy (non-hydrogen) atoms. The van der Waals surface area contributed by atoms with Gasteiger partial charge >= 0.3 is 0 Å². The summed E-state index contributed by atoms with van der Waals surface area (Å²) >= 11 is 0. The third-order valence-electron chi connectivity index (χ3n) is 3.09. The molecule has 0 aromatic rings. The lowest BCUT2D eigenvalue weighted by Crippen LogP contribution is -2.34. The smallest absolute Gasteiger partial charge is 0.0434 e. The average Bonchev–Trinajstić information content (AvgIpc) is 2.45. The van der Waals surface area contributed by atoms with E-state index in [0.717, 1.165) is 13.0 Å². The van der Waals surface area contributed by atoms with Crippen LogP contribution in [0.1, 0.15) is 32.1 Å². The predicted octanol–water partition coefficient (Wildman–Crippen LogP) is 0.820. The Morgan fingerprint density at radius 3 is 2.29 bits per heavy atom. The molecule has 1 atom stereocenters. The number of hydrogen-bond donors (Lipinski definition) is 2. The Hall–Kier alpha value is -0.120. The molecule has 0 aliphatic carbocycles. The van der Waals surface area contributed by atoms with Crippen LogP contribution in [0, 0.1) is 5.92 Å². The van der Waals surface area contributed by atoms with E-state index in [1.54, 1.807) is 0 Å². The van der Waals surface area contributed by atoms with E-state index >= 15 is 0 Å². The van der Waals surface area contributed by atoms with E-state index < -0.39 is 0 Å². The second-order valence-electron chi connectivity index (χ2n) is 4.33. The van der Waals surface area contributed by atoms with Crippen molar-refractivity contribution in [1.29, 1.82) is 0 Å². The zero-order valence-corrected chi connectivity index (χ0v) is 9.12. The van der Waals surface area contributed by atoms with Gasteiger partial charge in [-0.3, -0.25) is 0 Å². The van der Waals surface area contributed by atoms with Crippen LogP contribution in [0.3, 0.4) is 0 Å². The Morgan fingerprint density at radius 2 is 1.79 bits per heavy atom. The molecule has 1 saturated heterocycles. The molecule has 1 aliphatic heterocycles. The molecule has 1 rings (SSSR count). The molecular weight excluding hydrogens is 176 g/mol. The van der Waals surface area contributed by atoms with Crippen molar-refractivity contribution in [3.05, 3.63) is 0 Å². The monoisotopic (exact) mass is 200 g/mol. The first-order valence-corrected chi connectivity index (χ1v) is 5.90. The molecule has 1 heterocycles. The summed E-state index contributed by atoms with van der Waals surface area (Å²) in [5, 5.41) is 8.88. The number of likely N-dealkylation sites (tertiary alicyclic amines) is 1. The minimum atomic E-state index is 0.274. The second-order valence-corrected chi connectivity index (χ2v) is 4.33. The first-order chi connectivity index (χ1) is 6.86. The van der Waals surface area contributed by atoms with Gasteiger partial charge in [0.25, 0.3) is 0 Å². The van der Waals surface area contributed by atoms with Crippen LogP contribution in [-0.4, -0.2) is 42.8 Å². The molecule has 0 saturated carbocycles. The summed E-state index contributed by atoms with van der Waals surface area (Å²) in [6.45, 7) is 4.51. The van der Waals surface area contributed by atoms with Crippen LogP contribution in [0.15, 0.2) is 0 Å². The molecule has 3 heteroatoms. The third kappa shape index (κ3) is 4.40. The summed E-state index contributed by atoms with van der Waals surface area (Å²) < 4.78 is 0. The molecular formula is C11H24N2O. The van der Waals surface area contributed by atoms with E-state index in [0.29, 0.717) is 12.5 Å². The van der Waals surface area contributed by atoms with Crippen LogP contribution < -0.4 is 5.73 Å². The van der Waals surface area contributed by atoms with Gasteiger partial charge in [0.1, 0.15) is 0 Å². The van der Waals surface area contributed by atoms with Crippen LogP contribution in [0.25, 0.3) is 0 Å². The molecule has 0 aromatic heterocycles. The van der Waals surface area contributed by atoms with Crippen molar-refractivity contribution in [3.8, 4) is 0 Å². The lowest BCUT2D eigenvalue weighted by Gasteiger charge is -2.24. The quantitative estimate of drug-likeness (QED) is 0.691. The van der Waals surface area contributed by atoms with Crippen LogP contribution in [0.5, 0.6) is 0 Å². The van der Waals surface area contributed by atoms with Gasteiger partial charge in [0.15, 0.2) is 0 Å². The number of aliphatic hydroxyl groups is 1. The van der Waals surface area contributed by atoms with Crippen molar-refractivity contribution in [1.82, 2.24) is 4.90 Å². The van der Waals surface area contributed by atoms with Crippen LogP contribution in [-0.2, 0) is 0 Å². The fourth-order valence-electron chi connectivity index (χ4n) is 2.15. The predicted molar refractivity (Wildman–Crippen MR) is 59.2 cm³/mol. The van der Waals surface area contributed by atoms with Crippen molar-refractivity contribution in [2.75, 3.05) is 32.8 Å². The van der Waals surface area contributed by atoms with Crippen molar-refractivity contribution in [3.63, 3.8) is 0 Å². The van der Waals surface area contributed by atoms with E-state index in [1.807, 2.05) is 0 Å². The highest BCUT2D eigenvalue weighted by atomic mass is 16.3. The summed E-state index contributed by atoms with van der Waals surface area (Å²) in [6, 6.07) is 0. The first-order valence-electron chi connectivity index (χ1n) is 5.90. The Labute approximate surface area is 87.3 Å². The van der Waals surface area contributed by atoms with Crippen LogP contribution in [0.2, 0.25) is 0 Å². The van der Waals surface area contributed by atoms with Gasteiger partial charge in [-0.25, -0.2) is 0 Å². The van der Waals surface area contributed by atoms with Crippen molar-refractivity contribution in [2.45, 2.75) is 32.1 Å². The Kier molecular flexibility index (Phi) is 6.15. The fourth-order valence-corrected chi connectivity index (χ4v) is 2.15. The molecule has 0 spiro atoms. The van der Waals surface area contributed by atoms with Gasteiger partial charge < -0.3 is 15.7 Å². The standard InChI is InChI=1S/C11H24N2O/c12-9-11(5-8-14)10-13-6-3-1-2-4-7-13/h11,14H,1-10,12H2. The fraction of sp³-hybridized carbons (Fsp3) is 1.00. The number of nitrogens with two attached hydrogens (primary N) is 1. The maximum atomic E-state index is 8.88. The topological polar surface area (TPSA) is 49.5 Å². The van der Waals surface area contributed by atoms with Gasteiger partial charge in [0, 0.05) is 13.2 Å². The minimum Gasteiger partial charge on any atom is -0.396 e. The van der Waals surface area contributed by atoms with Crippen molar-refractivity contribution >= 4 is 0 Å². The minimum absolute atomic E-state index is 0.274. The molecule has 0 bridgehead atoms. The zero-order chi connectivity index (χ0) is 10.2. The summed E-state index contributed by atoms with van der Waals surface area (Å²) in [7, 11) is 0. The Balaban J connectivity index is 2.24. The van der Waals surface area contributed by atoms with Gasteiger partial charge in [-0.1, -0.05) is 12.8 Å².